The van der Waals surface area contributed by atoms with Crippen LogP contribution in [0.5, 0.6) is 0 Å². The van der Waals surface area contributed by atoms with E-state index in [-0.39, 0.29) is 12.5 Å². The maximum atomic E-state index is 13.2. The van der Waals surface area contributed by atoms with E-state index in [2.05, 4.69) is 153 Å². The molecular weight excluding hydrogens is 1140 g/mol. The molecule has 1 aliphatic heterocycles. The molecule has 0 aromatic heterocycles. The Morgan fingerprint density at radius 2 is 0.674 bits per heavy atom. The number of unbranched alkanes of at least 4 members (excludes halogenated alkanes) is 34. The van der Waals surface area contributed by atoms with Crippen LogP contribution in [0.1, 0.15) is 328 Å². The summed E-state index contributed by atoms with van der Waals surface area (Å²) in [5, 5.41) is 55.0. The molecule has 7 unspecified atom stereocenters. The van der Waals surface area contributed by atoms with E-state index in [1.165, 1.54) is 173 Å². The number of rotatable bonds is 66. The van der Waals surface area contributed by atoms with Crippen LogP contribution in [0.2, 0.25) is 0 Å². The van der Waals surface area contributed by atoms with Gasteiger partial charge in [0.05, 0.1) is 25.4 Å². The number of carbonyl (C=O) groups excluding carboxylic acids is 1. The van der Waals surface area contributed by atoms with Gasteiger partial charge in [0.15, 0.2) is 6.29 Å². The van der Waals surface area contributed by atoms with Gasteiger partial charge in [0.1, 0.15) is 24.4 Å². The number of amides is 1. The predicted molar refractivity (Wildman–Crippen MR) is 396 cm³/mol. The van der Waals surface area contributed by atoms with Gasteiger partial charge in [-0.15, -0.1) is 0 Å². The van der Waals surface area contributed by atoms with Crippen molar-refractivity contribution in [2.45, 2.75) is 371 Å². The molecule has 1 rings (SSSR count). The Kier molecular flexibility index (Phi) is 65.8. The third kappa shape index (κ3) is 57.7. The number of nitrogens with one attached hydrogen (secondary N) is 1. The normalized spacial score (nSPS) is 18.4. The Morgan fingerprint density at radius 3 is 1.00 bits per heavy atom. The minimum atomic E-state index is -1.57. The molecule has 0 aromatic carbocycles. The van der Waals surface area contributed by atoms with Crippen LogP contribution < -0.4 is 5.32 Å². The fourth-order valence-corrected chi connectivity index (χ4v) is 11.6. The molecule has 1 fully saturated rings. The fraction of sp³-hybridized carbons (Fsp3) is 0.723. The lowest BCUT2D eigenvalue weighted by Gasteiger charge is -2.40. The lowest BCUT2D eigenvalue weighted by molar-refractivity contribution is -0.302. The van der Waals surface area contributed by atoms with Crippen molar-refractivity contribution < 1.29 is 39.8 Å². The third-order valence-electron chi connectivity index (χ3n) is 17.5. The largest absolute Gasteiger partial charge is 0.394 e. The molecule has 6 N–H and O–H groups in total. The molecule has 0 aromatic rings. The van der Waals surface area contributed by atoms with Crippen LogP contribution in [0.25, 0.3) is 0 Å². The Hall–Kier alpha value is -3.67. The predicted octanol–water partition coefficient (Wildman–Crippen LogP) is 21.9. The van der Waals surface area contributed by atoms with E-state index in [0.29, 0.717) is 12.8 Å². The van der Waals surface area contributed by atoms with Gasteiger partial charge < -0.3 is 40.3 Å². The van der Waals surface area contributed by atoms with Gasteiger partial charge >= 0.3 is 0 Å². The summed E-state index contributed by atoms with van der Waals surface area (Å²) >= 11 is 0. The topological polar surface area (TPSA) is 149 Å². The van der Waals surface area contributed by atoms with Gasteiger partial charge in [0.25, 0.3) is 0 Å². The second-order valence-corrected chi connectivity index (χ2v) is 26.1. The number of carbonyl (C=O) groups is 1. The number of hydrogen-bond donors (Lipinski definition) is 6. The number of ether oxygens (including phenoxy) is 2. The van der Waals surface area contributed by atoms with Crippen LogP contribution in [0.4, 0.5) is 0 Å². The molecule has 1 saturated heterocycles. The standard InChI is InChI=1S/C83H143NO8/c1-3-5-7-9-11-13-15-17-19-21-23-25-27-29-31-33-35-36-37-38-39-40-41-42-43-45-47-49-51-53-55-57-59-61-63-65-67-69-71-73-79(87)84-76(75-91-83-82(90)81(89)80(88)78(74-85)92-83)77(86)72-70-68-66-64-62-60-58-56-54-52-50-48-46-44-34-32-30-28-26-24-22-20-18-16-14-12-10-8-6-4-2/h5,7,11,13,17,19,23,25,29,31,35-36,38-39,41-42,45,47,51,53,57,59,76-78,80-83,85-86,88-90H,3-4,6,8-10,12,14-16,18,20-22,24,26-28,30,32-34,37,40,43-44,46,48-50,52,54-56,58,60-75H2,1-2H3,(H,84,87)/b7-5-,13-11-,19-17-,25-23-,31-29-,36-35-,39-38-,42-41-,47-45-,53-51-,59-57-. The maximum Gasteiger partial charge on any atom is 0.220 e. The van der Waals surface area contributed by atoms with E-state index in [9.17, 15) is 30.3 Å². The minimum Gasteiger partial charge on any atom is -0.394 e. The first-order valence-corrected chi connectivity index (χ1v) is 38.4. The molecule has 9 heteroatoms. The average Bonchev–Trinajstić information content (AvgIpc) is 1.45. The number of allylic oxidation sites excluding steroid dienone is 22. The first-order chi connectivity index (χ1) is 45.3. The van der Waals surface area contributed by atoms with Gasteiger partial charge in [0.2, 0.25) is 5.91 Å². The van der Waals surface area contributed by atoms with Gasteiger partial charge in [-0.25, -0.2) is 0 Å². The van der Waals surface area contributed by atoms with Gasteiger partial charge in [-0.1, -0.05) is 359 Å². The summed E-state index contributed by atoms with van der Waals surface area (Å²) in [5.41, 5.74) is 0. The van der Waals surface area contributed by atoms with E-state index in [1.807, 2.05) is 0 Å². The summed E-state index contributed by atoms with van der Waals surface area (Å²) < 4.78 is 11.4. The lowest BCUT2D eigenvalue weighted by Crippen LogP contribution is -2.60. The van der Waals surface area contributed by atoms with Crippen molar-refractivity contribution in [3.05, 3.63) is 134 Å². The number of aliphatic hydroxyl groups is 5. The van der Waals surface area contributed by atoms with Crippen molar-refractivity contribution in [3.63, 3.8) is 0 Å². The maximum absolute atomic E-state index is 13.2. The highest BCUT2D eigenvalue weighted by Crippen LogP contribution is 2.24. The summed E-state index contributed by atoms with van der Waals surface area (Å²) in [6, 6.07) is -0.742. The SMILES string of the molecule is CC/C=C\C/C=C\C/C=C\C/C=C\C/C=C\C/C=C\C/C=C\C/C=C\C/C=C\C/C=C\C/C=C\CCCCCCCC(=O)NC(COC1OC(CO)C(O)C(O)C1O)C(O)CCCCCCCCCCCCCCCCCCCCCCCCCCCCCCCC. The fourth-order valence-electron chi connectivity index (χ4n) is 11.6. The van der Waals surface area contributed by atoms with E-state index >= 15 is 0 Å². The second-order valence-electron chi connectivity index (χ2n) is 26.1. The smallest absolute Gasteiger partial charge is 0.220 e. The van der Waals surface area contributed by atoms with Crippen molar-refractivity contribution in [2.75, 3.05) is 13.2 Å². The van der Waals surface area contributed by atoms with E-state index in [4.69, 9.17) is 9.47 Å². The monoisotopic (exact) mass is 1280 g/mol. The Balaban J connectivity index is 2.14. The summed E-state index contributed by atoms with van der Waals surface area (Å²) in [7, 11) is 0. The van der Waals surface area contributed by atoms with Crippen molar-refractivity contribution in [1.82, 2.24) is 5.32 Å². The van der Waals surface area contributed by atoms with E-state index < -0.39 is 49.5 Å². The van der Waals surface area contributed by atoms with Crippen LogP contribution in [-0.2, 0) is 14.3 Å². The summed E-state index contributed by atoms with van der Waals surface area (Å²) in [4.78, 5) is 13.2. The first-order valence-electron chi connectivity index (χ1n) is 38.4. The van der Waals surface area contributed by atoms with Crippen molar-refractivity contribution >= 4 is 5.91 Å². The number of hydrogen-bond acceptors (Lipinski definition) is 8. The minimum absolute atomic E-state index is 0.153. The highest BCUT2D eigenvalue weighted by atomic mass is 16.7. The Morgan fingerprint density at radius 1 is 0.380 bits per heavy atom. The average molecular weight is 1280 g/mol. The van der Waals surface area contributed by atoms with Gasteiger partial charge in [0, 0.05) is 6.42 Å². The second kappa shape index (κ2) is 70.1. The summed E-state index contributed by atoms with van der Waals surface area (Å²) in [5.74, 6) is -0.164. The van der Waals surface area contributed by atoms with E-state index in [1.54, 1.807) is 0 Å². The molecule has 0 saturated carbocycles. The molecule has 1 heterocycles. The molecule has 0 aliphatic carbocycles. The van der Waals surface area contributed by atoms with Crippen LogP contribution in [0, 0.1) is 0 Å². The molecule has 7 atom stereocenters. The van der Waals surface area contributed by atoms with Crippen LogP contribution in [0.15, 0.2) is 134 Å². The Bertz CT molecular complexity index is 1920. The highest BCUT2D eigenvalue weighted by molar-refractivity contribution is 5.76. The van der Waals surface area contributed by atoms with Crippen molar-refractivity contribution in [1.29, 1.82) is 0 Å². The van der Waals surface area contributed by atoms with Gasteiger partial charge in [-0.3, -0.25) is 4.79 Å². The quantitative estimate of drug-likeness (QED) is 0.0261. The highest BCUT2D eigenvalue weighted by Gasteiger charge is 2.44. The third-order valence-corrected chi connectivity index (χ3v) is 17.5. The first kappa shape index (κ1) is 86.3. The zero-order chi connectivity index (χ0) is 66.4. The van der Waals surface area contributed by atoms with Gasteiger partial charge in [-0.05, 0) is 96.3 Å². The van der Waals surface area contributed by atoms with Crippen LogP contribution in [-0.4, -0.2) is 87.5 Å². The Labute approximate surface area is 566 Å². The van der Waals surface area contributed by atoms with Crippen molar-refractivity contribution in [3.8, 4) is 0 Å². The molecule has 9 nitrogen and oxygen atoms in total. The van der Waals surface area contributed by atoms with Gasteiger partial charge in [-0.2, -0.15) is 0 Å². The van der Waals surface area contributed by atoms with Crippen LogP contribution >= 0.6 is 0 Å². The molecule has 0 spiro atoms. The molecule has 92 heavy (non-hydrogen) atoms. The van der Waals surface area contributed by atoms with Crippen molar-refractivity contribution in [2.24, 2.45) is 0 Å². The molecular formula is C83H143NO8. The summed E-state index contributed by atoms with van der Waals surface area (Å²) in [6.45, 7) is 3.74. The molecule has 1 aliphatic rings. The lowest BCUT2D eigenvalue weighted by atomic mass is 9.99. The van der Waals surface area contributed by atoms with E-state index in [0.717, 1.165) is 128 Å². The summed E-state index contributed by atoms with van der Waals surface area (Å²) in [6.07, 6.45) is 99.6. The molecule has 1 amide bonds. The number of aliphatic hydroxyl groups excluding tert-OH is 5. The molecule has 528 valence electrons. The zero-order valence-electron chi connectivity index (χ0n) is 59.3. The van der Waals surface area contributed by atoms with Crippen LogP contribution in [0.3, 0.4) is 0 Å². The zero-order valence-corrected chi connectivity index (χ0v) is 59.3. The molecule has 0 bridgehead atoms. The molecule has 0 radical (unpaired) electrons.